The van der Waals surface area contributed by atoms with Crippen molar-refractivity contribution in [3.63, 3.8) is 0 Å². The largest absolute Gasteiger partial charge is 0.380 e. The van der Waals surface area contributed by atoms with Gasteiger partial charge in [-0.2, -0.15) is 5.10 Å². The van der Waals surface area contributed by atoms with Gasteiger partial charge in [0.05, 0.1) is 18.7 Å². The third-order valence-electron chi connectivity index (χ3n) is 2.08. The van der Waals surface area contributed by atoms with E-state index in [1.807, 2.05) is 16.9 Å². The smallest absolute Gasteiger partial charge is 0.195 e. The van der Waals surface area contributed by atoms with Crippen LogP contribution in [0.5, 0.6) is 0 Å². The Bertz CT molecular complexity index is 488. The first kappa shape index (κ1) is 11.4. The minimum Gasteiger partial charge on any atom is -0.380 e. The van der Waals surface area contributed by atoms with Crippen LogP contribution in [0.4, 0.5) is 0 Å². The van der Waals surface area contributed by atoms with Crippen molar-refractivity contribution in [2.24, 2.45) is 0 Å². The number of nitrogens with one attached hydrogen (secondary N) is 1. The average Bonchev–Trinajstić information content (AvgIpc) is 2.89. The maximum absolute atomic E-state index is 5.31. The van der Waals surface area contributed by atoms with Crippen LogP contribution in [0.2, 0.25) is 0 Å². The molecule has 0 atom stereocenters. The van der Waals surface area contributed by atoms with Gasteiger partial charge < -0.3 is 4.74 Å². The summed E-state index contributed by atoms with van der Waals surface area (Å²) in [6.45, 7) is 3.99. The van der Waals surface area contributed by atoms with Gasteiger partial charge in [-0.3, -0.25) is 9.67 Å². The lowest BCUT2D eigenvalue weighted by Crippen LogP contribution is -2.07. The van der Waals surface area contributed by atoms with E-state index in [2.05, 4.69) is 15.2 Å². The number of hydrogen-bond acceptors (Lipinski definition) is 5. The van der Waals surface area contributed by atoms with Crippen molar-refractivity contribution >= 4 is 23.6 Å². The highest BCUT2D eigenvalue weighted by atomic mass is 32.1. The summed E-state index contributed by atoms with van der Waals surface area (Å²) in [6, 6.07) is 0. The third-order valence-corrected chi connectivity index (χ3v) is 2.98. The molecule has 0 saturated heterocycles. The predicted molar refractivity (Wildman–Crippen MR) is 65.0 cm³/mol. The fourth-order valence-electron chi connectivity index (χ4n) is 1.34. The Labute approximate surface area is 102 Å². The molecule has 2 aromatic rings. The number of rotatable bonds is 5. The summed E-state index contributed by atoms with van der Waals surface area (Å²) in [6.07, 6.45) is 0. The quantitative estimate of drug-likeness (QED) is 0.657. The fraction of sp³-hybridized carbons (Fsp3) is 0.444. The Morgan fingerprint density at radius 3 is 3.19 bits per heavy atom. The van der Waals surface area contributed by atoms with E-state index in [9.17, 15) is 0 Å². The number of H-pyrrole nitrogens is 1. The van der Waals surface area contributed by atoms with Crippen molar-refractivity contribution in [3.05, 3.63) is 15.7 Å². The molecule has 0 radical (unpaired) electrons. The van der Waals surface area contributed by atoms with E-state index in [1.54, 1.807) is 5.51 Å². The van der Waals surface area contributed by atoms with Crippen LogP contribution < -0.4 is 0 Å². The van der Waals surface area contributed by atoms with Crippen LogP contribution in [0.1, 0.15) is 6.92 Å². The zero-order valence-corrected chi connectivity index (χ0v) is 10.5. The van der Waals surface area contributed by atoms with Gasteiger partial charge in [-0.25, -0.2) is 4.98 Å². The lowest BCUT2D eigenvalue weighted by atomic mass is 10.4. The fourth-order valence-corrected chi connectivity index (χ4v) is 2.10. The van der Waals surface area contributed by atoms with Crippen LogP contribution in [-0.4, -0.2) is 33.0 Å². The van der Waals surface area contributed by atoms with Crippen LogP contribution in [0.3, 0.4) is 0 Å². The predicted octanol–water partition coefficient (Wildman–Crippen LogP) is 2.10. The summed E-state index contributed by atoms with van der Waals surface area (Å²) in [7, 11) is 0. The summed E-state index contributed by atoms with van der Waals surface area (Å²) >= 11 is 6.70. The highest BCUT2D eigenvalue weighted by Gasteiger charge is 2.09. The molecule has 0 aliphatic carbocycles. The summed E-state index contributed by atoms with van der Waals surface area (Å²) in [5, 5.41) is 8.90. The van der Waals surface area contributed by atoms with Crippen molar-refractivity contribution in [2.75, 3.05) is 13.2 Å². The molecule has 0 unspecified atom stereocenters. The summed E-state index contributed by atoms with van der Waals surface area (Å²) in [5.74, 6) is 0.769. The monoisotopic (exact) mass is 256 g/mol. The Morgan fingerprint density at radius 1 is 1.62 bits per heavy atom. The molecule has 16 heavy (non-hydrogen) atoms. The maximum Gasteiger partial charge on any atom is 0.195 e. The standard InChI is InChI=1S/C9H12N4OS2/c1-2-14-4-3-13-8(11-12-9(13)15)7-5-16-6-10-7/h5-6H,2-4H2,1H3,(H,12,15). The molecule has 0 spiro atoms. The summed E-state index contributed by atoms with van der Waals surface area (Å²) < 4.78 is 7.81. The van der Waals surface area contributed by atoms with Crippen molar-refractivity contribution in [1.82, 2.24) is 19.7 Å². The minimum absolute atomic E-state index is 0.600. The second kappa shape index (κ2) is 5.33. The van der Waals surface area contributed by atoms with Gasteiger partial charge in [-0.15, -0.1) is 11.3 Å². The molecule has 0 amide bonds. The molecule has 0 bridgehead atoms. The van der Waals surface area contributed by atoms with E-state index < -0.39 is 0 Å². The number of hydrogen-bond donors (Lipinski definition) is 1. The zero-order valence-electron chi connectivity index (χ0n) is 8.84. The van der Waals surface area contributed by atoms with E-state index in [0.717, 1.165) is 11.5 Å². The Kier molecular flexibility index (Phi) is 3.81. The maximum atomic E-state index is 5.31. The van der Waals surface area contributed by atoms with Crippen LogP contribution in [0.15, 0.2) is 10.9 Å². The third kappa shape index (κ3) is 2.37. The number of ether oxygens (including phenoxy) is 1. The molecule has 2 aromatic heterocycles. The molecule has 86 valence electrons. The van der Waals surface area contributed by atoms with E-state index in [0.29, 0.717) is 24.5 Å². The molecule has 7 heteroatoms. The molecule has 0 aliphatic rings. The van der Waals surface area contributed by atoms with Crippen molar-refractivity contribution in [3.8, 4) is 11.5 Å². The lowest BCUT2D eigenvalue weighted by molar-refractivity contribution is 0.139. The molecule has 2 heterocycles. The molecule has 2 rings (SSSR count). The molecule has 0 aliphatic heterocycles. The molecule has 0 aromatic carbocycles. The van der Waals surface area contributed by atoms with E-state index >= 15 is 0 Å². The van der Waals surface area contributed by atoms with E-state index in [1.165, 1.54) is 11.3 Å². The van der Waals surface area contributed by atoms with Gasteiger partial charge in [0.15, 0.2) is 10.6 Å². The van der Waals surface area contributed by atoms with E-state index in [-0.39, 0.29) is 0 Å². The number of aromatic amines is 1. The SMILES string of the molecule is CCOCCn1c(-c2cscn2)n[nH]c1=S. The summed E-state index contributed by atoms with van der Waals surface area (Å²) in [5.41, 5.74) is 2.62. The first-order chi connectivity index (χ1) is 7.83. The topological polar surface area (TPSA) is 55.7 Å². The lowest BCUT2D eigenvalue weighted by Gasteiger charge is -2.04. The van der Waals surface area contributed by atoms with Gasteiger partial charge in [0, 0.05) is 12.0 Å². The van der Waals surface area contributed by atoms with E-state index in [4.69, 9.17) is 17.0 Å². The molecular formula is C9H12N4OS2. The highest BCUT2D eigenvalue weighted by Crippen LogP contribution is 2.16. The second-order valence-electron chi connectivity index (χ2n) is 3.07. The number of aromatic nitrogens is 4. The number of nitrogens with zero attached hydrogens (tertiary/aromatic N) is 3. The van der Waals surface area contributed by atoms with Crippen LogP contribution in [0.25, 0.3) is 11.5 Å². The van der Waals surface area contributed by atoms with Gasteiger partial charge in [0.1, 0.15) is 5.69 Å². The van der Waals surface area contributed by atoms with Crippen molar-refractivity contribution in [1.29, 1.82) is 0 Å². The number of thiazole rings is 1. The molecular weight excluding hydrogens is 244 g/mol. The highest BCUT2D eigenvalue weighted by molar-refractivity contribution is 7.71. The van der Waals surface area contributed by atoms with Crippen LogP contribution in [0, 0.1) is 4.77 Å². The first-order valence-corrected chi connectivity index (χ1v) is 6.29. The van der Waals surface area contributed by atoms with Gasteiger partial charge in [-0.1, -0.05) is 0 Å². The zero-order chi connectivity index (χ0) is 11.4. The molecule has 0 saturated carbocycles. The van der Waals surface area contributed by atoms with Crippen LogP contribution in [-0.2, 0) is 11.3 Å². The van der Waals surface area contributed by atoms with Crippen molar-refractivity contribution in [2.45, 2.75) is 13.5 Å². The molecule has 5 nitrogen and oxygen atoms in total. The van der Waals surface area contributed by atoms with Crippen molar-refractivity contribution < 1.29 is 4.74 Å². The Morgan fingerprint density at radius 2 is 2.50 bits per heavy atom. The van der Waals surface area contributed by atoms with Gasteiger partial charge >= 0.3 is 0 Å². The second-order valence-corrected chi connectivity index (χ2v) is 4.18. The normalized spacial score (nSPS) is 10.8. The Balaban J connectivity index is 2.23. The van der Waals surface area contributed by atoms with Crippen LogP contribution >= 0.6 is 23.6 Å². The summed E-state index contributed by atoms with van der Waals surface area (Å²) in [4.78, 5) is 4.22. The molecule has 1 N–H and O–H groups in total. The first-order valence-electron chi connectivity index (χ1n) is 4.94. The average molecular weight is 256 g/mol. The van der Waals surface area contributed by atoms with Gasteiger partial charge in [0.25, 0.3) is 0 Å². The Hall–Kier alpha value is -1.05. The van der Waals surface area contributed by atoms with Gasteiger partial charge in [0.2, 0.25) is 0 Å². The van der Waals surface area contributed by atoms with Gasteiger partial charge in [-0.05, 0) is 19.1 Å². The molecule has 0 fully saturated rings. The minimum atomic E-state index is 0.600.